The van der Waals surface area contributed by atoms with Crippen LogP contribution in [0.5, 0.6) is 0 Å². The first-order valence-corrected chi connectivity index (χ1v) is 6.48. The van der Waals surface area contributed by atoms with E-state index in [1.165, 1.54) is 0 Å². The number of hydrogen-bond donors (Lipinski definition) is 1. The van der Waals surface area contributed by atoms with Crippen molar-refractivity contribution >= 4 is 37.7 Å². The zero-order chi connectivity index (χ0) is 11.0. The van der Waals surface area contributed by atoms with Gasteiger partial charge in [0.1, 0.15) is 5.82 Å². The van der Waals surface area contributed by atoms with Gasteiger partial charge >= 0.3 is 0 Å². The highest BCUT2D eigenvalue weighted by Crippen LogP contribution is 2.30. The van der Waals surface area contributed by atoms with E-state index in [9.17, 15) is 0 Å². The maximum absolute atomic E-state index is 5.99. The third-order valence-corrected chi connectivity index (χ3v) is 3.78. The van der Waals surface area contributed by atoms with Crippen LogP contribution in [0.1, 0.15) is 6.92 Å². The van der Waals surface area contributed by atoms with Crippen molar-refractivity contribution in [1.82, 2.24) is 4.98 Å². The molecule has 3 nitrogen and oxygen atoms in total. The maximum atomic E-state index is 5.99. The van der Waals surface area contributed by atoms with E-state index in [4.69, 9.17) is 5.73 Å². The molecule has 1 aliphatic rings. The monoisotopic (exact) mass is 333 g/mol. The zero-order valence-corrected chi connectivity index (χ0v) is 11.6. The minimum Gasteiger partial charge on any atom is -0.354 e. The highest BCUT2D eigenvalue weighted by molar-refractivity contribution is 9.11. The second kappa shape index (κ2) is 4.39. The number of rotatable bonds is 1. The van der Waals surface area contributed by atoms with Crippen molar-refractivity contribution in [1.29, 1.82) is 0 Å². The van der Waals surface area contributed by atoms with Crippen LogP contribution in [0, 0.1) is 5.92 Å². The number of anilines is 1. The fourth-order valence-corrected chi connectivity index (χ4v) is 3.04. The molecule has 1 aliphatic heterocycles. The fourth-order valence-electron chi connectivity index (χ4n) is 1.80. The SMILES string of the molecule is CC1CN(c2ncc(Br)cc2Br)CC1N. The summed E-state index contributed by atoms with van der Waals surface area (Å²) in [5, 5.41) is 0. The molecular weight excluding hydrogens is 322 g/mol. The molecule has 5 heteroatoms. The first kappa shape index (κ1) is 11.4. The van der Waals surface area contributed by atoms with E-state index in [0.717, 1.165) is 27.9 Å². The van der Waals surface area contributed by atoms with E-state index < -0.39 is 0 Å². The second-order valence-corrected chi connectivity index (χ2v) is 5.78. The summed E-state index contributed by atoms with van der Waals surface area (Å²) in [4.78, 5) is 6.63. The smallest absolute Gasteiger partial charge is 0.143 e. The molecule has 0 radical (unpaired) electrons. The van der Waals surface area contributed by atoms with Gasteiger partial charge in [-0.15, -0.1) is 0 Å². The Hall–Kier alpha value is -0.130. The standard InChI is InChI=1S/C10H13Br2N3/c1-6-4-15(5-9(6)13)10-8(12)2-7(11)3-14-10/h2-3,6,9H,4-5,13H2,1H3. The molecule has 0 aromatic carbocycles. The molecule has 82 valence electrons. The van der Waals surface area contributed by atoms with Crippen LogP contribution in [-0.2, 0) is 0 Å². The molecule has 0 aliphatic carbocycles. The molecule has 0 amide bonds. The number of hydrogen-bond acceptors (Lipinski definition) is 3. The van der Waals surface area contributed by atoms with Crippen LogP contribution in [0.4, 0.5) is 5.82 Å². The van der Waals surface area contributed by atoms with Gasteiger partial charge in [-0.3, -0.25) is 0 Å². The summed E-state index contributed by atoms with van der Waals surface area (Å²) >= 11 is 6.91. The summed E-state index contributed by atoms with van der Waals surface area (Å²) in [7, 11) is 0. The van der Waals surface area contributed by atoms with Crippen molar-refractivity contribution in [3.8, 4) is 0 Å². The molecule has 2 heterocycles. The fraction of sp³-hybridized carbons (Fsp3) is 0.500. The van der Waals surface area contributed by atoms with E-state index in [1.807, 2.05) is 12.3 Å². The van der Waals surface area contributed by atoms with E-state index in [-0.39, 0.29) is 6.04 Å². The van der Waals surface area contributed by atoms with Gasteiger partial charge in [0, 0.05) is 29.8 Å². The predicted molar refractivity (Wildman–Crippen MR) is 69.0 cm³/mol. The van der Waals surface area contributed by atoms with E-state index in [2.05, 4.69) is 48.7 Å². The van der Waals surface area contributed by atoms with E-state index >= 15 is 0 Å². The number of pyridine rings is 1. The number of aromatic nitrogens is 1. The summed E-state index contributed by atoms with van der Waals surface area (Å²) < 4.78 is 1.99. The average molecular weight is 335 g/mol. The molecule has 0 bridgehead atoms. The van der Waals surface area contributed by atoms with Crippen LogP contribution in [0.2, 0.25) is 0 Å². The zero-order valence-electron chi connectivity index (χ0n) is 8.45. The minimum absolute atomic E-state index is 0.252. The molecule has 2 atom stereocenters. The Labute approximate surface area is 106 Å². The molecule has 1 saturated heterocycles. The predicted octanol–water partition coefficient (Wildman–Crippen LogP) is 2.39. The number of halogens is 2. The third kappa shape index (κ3) is 2.34. The molecule has 2 unspecified atom stereocenters. The molecule has 0 saturated carbocycles. The second-order valence-electron chi connectivity index (χ2n) is 4.01. The minimum atomic E-state index is 0.252. The average Bonchev–Trinajstić information content (AvgIpc) is 2.46. The molecule has 0 spiro atoms. The Balaban J connectivity index is 2.24. The van der Waals surface area contributed by atoms with Crippen molar-refractivity contribution < 1.29 is 0 Å². The van der Waals surface area contributed by atoms with Crippen LogP contribution >= 0.6 is 31.9 Å². The summed E-state index contributed by atoms with van der Waals surface area (Å²) in [5.74, 6) is 1.51. The molecule has 1 aromatic heterocycles. The highest BCUT2D eigenvalue weighted by atomic mass is 79.9. The molecule has 1 fully saturated rings. The van der Waals surface area contributed by atoms with Gasteiger partial charge < -0.3 is 10.6 Å². The molecule has 2 rings (SSSR count). The van der Waals surface area contributed by atoms with Crippen LogP contribution in [0.3, 0.4) is 0 Å². The van der Waals surface area contributed by atoms with Gasteiger partial charge in [-0.1, -0.05) is 6.92 Å². The summed E-state index contributed by atoms with van der Waals surface area (Å²) in [6, 6.07) is 2.26. The van der Waals surface area contributed by atoms with Gasteiger partial charge in [-0.2, -0.15) is 0 Å². The lowest BCUT2D eigenvalue weighted by Gasteiger charge is -2.18. The van der Waals surface area contributed by atoms with Crippen LogP contribution in [0.25, 0.3) is 0 Å². The maximum Gasteiger partial charge on any atom is 0.143 e. The largest absolute Gasteiger partial charge is 0.354 e. The van der Waals surface area contributed by atoms with Crippen LogP contribution in [0.15, 0.2) is 21.2 Å². The molecule has 1 aromatic rings. The third-order valence-electron chi connectivity index (χ3n) is 2.76. The quantitative estimate of drug-likeness (QED) is 0.857. The lowest BCUT2D eigenvalue weighted by Crippen LogP contribution is -2.28. The van der Waals surface area contributed by atoms with Crippen LogP contribution < -0.4 is 10.6 Å². The van der Waals surface area contributed by atoms with Gasteiger partial charge in [0.2, 0.25) is 0 Å². The Kier molecular flexibility index (Phi) is 3.33. The molecular formula is C10H13Br2N3. The van der Waals surface area contributed by atoms with E-state index in [1.54, 1.807) is 0 Å². The molecule has 2 N–H and O–H groups in total. The Morgan fingerprint density at radius 1 is 1.47 bits per heavy atom. The van der Waals surface area contributed by atoms with Gasteiger partial charge in [0.25, 0.3) is 0 Å². The summed E-state index contributed by atoms with van der Waals surface area (Å²) in [6.07, 6.45) is 1.81. The van der Waals surface area contributed by atoms with Crippen molar-refractivity contribution in [3.63, 3.8) is 0 Å². The van der Waals surface area contributed by atoms with Gasteiger partial charge in [0.05, 0.1) is 4.47 Å². The first-order chi connectivity index (χ1) is 7.08. The van der Waals surface area contributed by atoms with Crippen molar-refractivity contribution in [2.75, 3.05) is 18.0 Å². The van der Waals surface area contributed by atoms with E-state index in [0.29, 0.717) is 5.92 Å². The normalized spacial score (nSPS) is 26.0. The van der Waals surface area contributed by atoms with Gasteiger partial charge in [-0.25, -0.2) is 4.98 Å². The summed E-state index contributed by atoms with van der Waals surface area (Å²) in [5.41, 5.74) is 5.99. The Bertz CT molecular complexity index is 360. The van der Waals surface area contributed by atoms with Crippen molar-refractivity contribution in [2.45, 2.75) is 13.0 Å². The van der Waals surface area contributed by atoms with Gasteiger partial charge in [0.15, 0.2) is 0 Å². The lowest BCUT2D eigenvalue weighted by atomic mass is 10.1. The first-order valence-electron chi connectivity index (χ1n) is 4.89. The van der Waals surface area contributed by atoms with Gasteiger partial charge in [-0.05, 0) is 43.8 Å². The number of nitrogens with zero attached hydrogens (tertiary/aromatic N) is 2. The Morgan fingerprint density at radius 2 is 2.20 bits per heavy atom. The number of nitrogens with two attached hydrogens (primary N) is 1. The summed E-state index contributed by atoms with van der Waals surface area (Å²) in [6.45, 7) is 4.04. The molecule has 15 heavy (non-hydrogen) atoms. The Morgan fingerprint density at radius 3 is 2.73 bits per heavy atom. The van der Waals surface area contributed by atoms with Crippen molar-refractivity contribution in [3.05, 3.63) is 21.2 Å². The lowest BCUT2D eigenvalue weighted by molar-refractivity contribution is 0.566. The topological polar surface area (TPSA) is 42.2 Å². The van der Waals surface area contributed by atoms with Crippen LogP contribution in [-0.4, -0.2) is 24.1 Å². The highest BCUT2D eigenvalue weighted by Gasteiger charge is 2.28. The van der Waals surface area contributed by atoms with Crippen molar-refractivity contribution in [2.24, 2.45) is 11.7 Å².